The number of aromatic nitrogens is 10. The quantitative estimate of drug-likeness (QED) is 0.140. The van der Waals surface area contributed by atoms with Crippen LogP contribution >= 0.6 is 11.6 Å². The Kier molecular flexibility index (Phi) is 11.8. The SMILES string of the molecule is Cc1ccc(-c2nc3c(Cl)c(C(C)(C)C)[nH]n3n2)cc1.Cc1ccc(C(C)(C)CC(C)(C)C)cc1OS(=O)CCCc1nc2c(-n3cccn3)c(C(F)(F)F)[nH]n2n1. The second-order valence-corrected chi connectivity index (χ2v) is 19.0. The van der Waals surface area contributed by atoms with Crippen molar-refractivity contribution in [2.24, 2.45) is 5.41 Å². The van der Waals surface area contributed by atoms with Gasteiger partial charge in [0.1, 0.15) is 16.5 Å². The lowest BCUT2D eigenvalue weighted by atomic mass is 9.72. The van der Waals surface area contributed by atoms with E-state index in [1.807, 2.05) is 43.3 Å². The van der Waals surface area contributed by atoms with E-state index in [4.69, 9.17) is 15.8 Å². The number of rotatable bonds is 10. The first kappa shape index (κ1) is 42.6. The smallest absolute Gasteiger partial charge is 0.400 e. The van der Waals surface area contributed by atoms with Crippen LogP contribution in [-0.2, 0) is 34.5 Å². The van der Waals surface area contributed by atoms with Crippen LogP contribution in [0.5, 0.6) is 5.75 Å². The van der Waals surface area contributed by atoms with Crippen LogP contribution < -0.4 is 4.18 Å². The molecule has 0 spiro atoms. The van der Waals surface area contributed by atoms with E-state index in [2.05, 4.69) is 104 Å². The van der Waals surface area contributed by atoms with Gasteiger partial charge in [0, 0.05) is 29.8 Å². The minimum absolute atomic E-state index is 0.0127. The Bertz CT molecular complexity index is 2530. The van der Waals surface area contributed by atoms with Crippen molar-refractivity contribution in [2.75, 3.05) is 5.75 Å². The summed E-state index contributed by atoms with van der Waals surface area (Å²) in [6.45, 7) is 21.3. The number of nitrogens with one attached hydrogen (secondary N) is 2. The first-order chi connectivity index (χ1) is 27.0. The lowest BCUT2D eigenvalue weighted by Crippen LogP contribution is -2.25. The van der Waals surface area contributed by atoms with Crippen molar-refractivity contribution in [3.63, 3.8) is 0 Å². The molecular weight excluding hydrogens is 789 g/mol. The third-order valence-electron chi connectivity index (χ3n) is 9.47. The third kappa shape index (κ3) is 9.66. The van der Waals surface area contributed by atoms with Crippen molar-refractivity contribution in [1.82, 2.24) is 49.4 Å². The van der Waals surface area contributed by atoms with Crippen molar-refractivity contribution in [1.29, 1.82) is 0 Å². The zero-order valence-corrected chi connectivity index (χ0v) is 36.0. The molecule has 2 aromatic carbocycles. The monoisotopic (exact) mass is 838 g/mol. The van der Waals surface area contributed by atoms with Crippen LogP contribution in [0, 0.1) is 19.3 Å². The number of halogens is 4. The van der Waals surface area contributed by atoms with Gasteiger partial charge in [0.25, 0.3) is 0 Å². The Morgan fingerprint density at radius 2 is 1.53 bits per heavy atom. The normalized spacial score (nSPS) is 13.3. The summed E-state index contributed by atoms with van der Waals surface area (Å²) >= 11 is 4.82. The van der Waals surface area contributed by atoms with Gasteiger partial charge in [-0.3, -0.25) is 10.2 Å². The molecule has 0 amide bonds. The molecule has 310 valence electrons. The maximum atomic E-state index is 13.5. The average Bonchev–Trinajstić information content (AvgIpc) is 3.93. The molecule has 0 bridgehead atoms. The van der Waals surface area contributed by atoms with Crippen LogP contribution in [0.2, 0.25) is 5.02 Å². The topological polar surface area (TPSA) is 136 Å². The van der Waals surface area contributed by atoms with Crippen LogP contribution in [0.1, 0.15) is 102 Å². The highest BCUT2D eigenvalue weighted by Gasteiger charge is 2.39. The molecular formula is C41H50ClF3N10O2S. The number of benzene rings is 2. The first-order valence-electron chi connectivity index (χ1n) is 18.9. The van der Waals surface area contributed by atoms with Gasteiger partial charge in [-0.15, -0.1) is 10.2 Å². The molecule has 58 heavy (non-hydrogen) atoms. The predicted molar refractivity (Wildman–Crippen MR) is 221 cm³/mol. The molecule has 2 N–H and O–H groups in total. The second-order valence-electron chi connectivity index (χ2n) is 17.4. The molecule has 0 saturated carbocycles. The Hall–Kier alpha value is -4.96. The minimum Gasteiger partial charge on any atom is -0.400 e. The van der Waals surface area contributed by atoms with E-state index in [1.54, 1.807) is 4.63 Å². The van der Waals surface area contributed by atoms with Crippen LogP contribution in [0.4, 0.5) is 13.2 Å². The van der Waals surface area contributed by atoms with Gasteiger partial charge in [-0.25, -0.2) is 18.9 Å². The fourth-order valence-electron chi connectivity index (χ4n) is 6.93. The molecule has 0 aliphatic rings. The zero-order valence-electron chi connectivity index (χ0n) is 34.4. The van der Waals surface area contributed by atoms with Crippen molar-refractivity contribution in [3.8, 4) is 22.8 Å². The molecule has 5 aromatic heterocycles. The number of hydrogen-bond acceptors (Lipinski definition) is 7. The van der Waals surface area contributed by atoms with E-state index in [-0.39, 0.29) is 33.3 Å². The van der Waals surface area contributed by atoms with Gasteiger partial charge in [0.15, 0.2) is 23.0 Å². The van der Waals surface area contributed by atoms with Crippen molar-refractivity contribution < 1.29 is 21.6 Å². The molecule has 0 fully saturated rings. The number of aryl methyl sites for hydroxylation is 3. The zero-order chi connectivity index (χ0) is 42.4. The molecule has 0 radical (unpaired) electrons. The average molecular weight is 839 g/mol. The van der Waals surface area contributed by atoms with Gasteiger partial charge in [0.05, 0.1) is 11.4 Å². The number of nitrogens with zero attached hydrogens (tertiary/aromatic N) is 8. The summed E-state index contributed by atoms with van der Waals surface area (Å²) in [7, 11) is 0. The van der Waals surface area contributed by atoms with E-state index in [9.17, 15) is 17.4 Å². The van der Waals surface area contributed by atoms with Crippen LogP contribution in [0.3, 0.4) is 0 Å². The third-order valence-corrected chi connectivity index (χ3v) is 10.8. The maximum absolute atomic E-state index is 13.5. The summed E-state index contributed by atoms with van der Waals surface area (Å²) in [5, 5.41) is 18.7. The fourth-order valence-corrected chi connectivity index (χ4v) is 8.22. The van der Waals surface area contributed by atoms with Gasteiger partial charge in [-0.1, -0.05) is 109 Å². The Labute approximate surface area is 343 Å². The van der Waals surface area contributed by atoms with Gasteiger partial charge in [0.2, 0.25) is 16.7 Å². The van der Waals surface area contributed by atoms with Crippen LogP contribution in [0.25, 0.3) is 28.4 Å². The van der Waals surface area contributed by atoms with E-state index < -0.39 is 23.0 Å². The highest BCUT2D eigenvalue weighted by molar-refractivity contribution is 7.80. The Morgan fingerprint density at radius 1 is 0.862 bits per heavy atom. The van der Waals surface area contributed by atoms with Gasteiger partial charge in [-0.2, -0.15) is 27.5 Å². The number of alkyl halides is 3. The molecule has 5 heterocycles. The van der Waals surface area contributed by atoms with Crippen LogP contribution in [0.15, 0.2) is 60.9 Å². The maximum Gasteiger partial charge on any atom is 0.435 e. The number of hydrogen-bond donors (Lipinski definition) is 2. The minimum atomic E-state index is -4.63. The van der Waals surface area contributed by atoms with E-state index >= 15 is 0 Å². The Balaban J connectivity index is 0.000000237. The van der Waals surface area contributed by atoms with Crippen LogP contribution in [-0.4, -0.2) is 59.4 Å². The van der Waals surface area contributed by atoms with E-state index in [1.165, 1.54) is 24.0 Å². The molecule has 12 nitrogen and oxygen atoms in total. The van der Waals surface area contributed by atoms with Gasteiger partial charge >= 0.3 is 6.18 Å². The lowest BCUT2D eigenvalue weighted by Gasteiger charge is -2.33. The summed E-state index contributed by atoms with van der Waals surface area (Å²) in [5.74, 6) is 1.82. The van der Waals surface area contributed by atoms with Crippen molar-refractivity contribution in [3.05, 3.63) is 99.8 Å². The summed E-state index contributed by atoms with van der Waals surface area (Å²) in [6.07, 6.45) is -0.105. The van der Waals surface area contributed by atoms with Crippen molar-refractivity contribution >= 4 is 34.0 Å². The fraction of sp³-hybridized carbons (Fsp3) is 0.439. The number of fused-ring (bicyclic) bond motifs is 2. The lowest BCUT2D eigenvalue weighted by molar-refractivity contribution is -0.141. The summed E-state index contributed by atoms with van der Waals surface area (Å²) in [6, 6.07) is 15.7. The molecule has 0 aliphatic carbocycles. The van der Waals surface area contributed by atoms with E-state index in [0.29, 0.717) is 40.9 Å². The molecule has 0 saturated heterocycles. The molecule has 1 unspecified atom stereocenters. The van der Waals surface area contributed by atoms with Gasteiger partial charge < -0.3 is 4.18 Å². The first-order valence-corrected chi connectivity index (χ1v) is 20.6. The number of H-pyrrole nitrogens is 2. The summed E-state index contributed by atoms with van der Waals surface area (Å²) in [5.41, 5.74) is 4.64. The molecule has 1 atom stereocenters. The summed E-state index contributed by atoms with van der Waals surface area (Å²) in [4.78, 5) is 8.82. The molecule has 7 aromatic rings. The molecule has 7 rings (SSSR count). The highest BCUT2D eigenvalue weighted by Crippen LogP contribution is 2.39. The predicted octanol–water partition coefficient (Wildman–Crippen LogP) is 9.94. The summed E-state index contributed by atoms with van der Waals surface area (Å²) < 4.78 is 62.9. The highest BCUT2D eigenvalue weighted by atomic mass is 35.5. The second kappa shape index (κ2) is 16.0. The Morgan fingerprint density at radius 3 is 2.14 bits per heavy atom. The van der Waals surface area contributed by atoms with Gasteiger partial charge in [-0.05, 0) is 60.8 Å². The largest absolute Gasteiger partial charge is 0.435 e. The van der Waals surface area contributed by atoms with E-state index in [0.717, 1.165) is 38.1 Å². The standard InChI is InChI=1S/C26H33F3N6O2S.C15H17ClN4/c1-17-10-11-18(25(5,6)16-24(2,3)4)15-19(17)37-38(36)14-7-9-20-31-23-21(34-13-8-12-30-34)22(26(27,28)29)33-35(23)32-20;1-9-5-7-10(8-6-9)13-17-14-11(16)12(15(2,3)4)18-20(14)19-13/h8,10-13,15,33H,7,9,14,16H2,1-6H3;5-8,18H,1-4H3. The molecule has 0 aliphatic heterocycles. The van der Waals surface area contributed by atoms with Crippen molar-refractivity contribution in [2.45, 2.75) is 106 Å². The number of aromatic amines is 2. The molecule has 17 heteroatoms.